The maximum Gasteiger partial charge on any atom is 0.147 e. The lowest BCUT2D eigenvalue weighted by molar-refractivity contribution is 0.542. The van der Waals surface area contributed by atoms with Gasteiger partial charge < -0.3 is 15.6 Å². The van der Waals surface area contributed by atoms with Crippen molar-refractivity contribution in [1.29, 1.82) is 0 Å². The van der Waals surface area contributed by atoms with E-state index in [2.05, 4.69) is 59.1 Å². The molecule has 3 heterocycles. The topological polar surface area (TPSA) is 51.9 Å². The number of benzene rings is 2. The highest BCUT2D eigenvalue weighted by atomic mass is 32.2. The van der Waals surface area contributed by atoms with Gasteiger partial charge in [0, 0.05) is 22.5 Å². The predicted molar refractivity (Wildman–Crippen MR) is 133 cm³/mol. The van der Waals surface area contributed by atoms with Crippen LogP contribution in [0.4, 0.5) is 4.39 Å². The van der Waals surface area contributed by atoms with Crippen molar-refractivity contribution >= 4 is 27.6 Å². The summed E-state index contributed by atoms with van der Waals surface area (Å²) in [6, 6.07) is 10.3. The Morgan fingerprint density at radius 2 is 1.88 bits per heavy atom. The van der Waals surface area contributed by atoms with Crippen LogP contribution in [-0.2, 0) is 6.42 Å². The Kier molecular flexibility index (Phi) is 5.51. The van der Waals surface area contributed by atoms with Gasteiger partial charge in [0.15, 0.2) is 0 Å². The van der Waals surface area contributed by atoms with E-state index in [4.69, 9.17) is 0 Å². The second-order valence-corrected chi connectivity index (χ2v) is 9.81. The predicted octanol–water partition coefficient (Wildman–Crippen LogP) is 5.15. The maximum atomic E-state index is 14.3. The molecule has 0 saturated carbocycles. The number of halogens is 1. The van der Waals surface area contributed by atoms with E-state index in [0.29, 0.717) is 5.52 Å². The average molecular weight is 449 g/mol. The van der Waals surface area contributed by atoms with Crippen molar-refractivity contribution < 1.29 is 4.39 Å². The second kappa shape index (κ2) is 8.34. The highest BCUT2D eigenvalue weighted by molar-refractivity contribution is 8.12. The standard InChI is InChI=1S/C26H29FN4S/c1-14-5-7-18(11-16(14)3)22-12-21-25(32-22)26(30-13-29-21)28-10-9-19-17(4)31-24-20(27)8-6-15(2)23(19)24/h5-8,11-12,21,28-31H,9-10,13H2,1-4H3. The van der Waals surface area contributed by atoms with Crippen molar-refractivity contribution in [1.82, 2.24) is 20.9 Å². The van der Waals surface area contributed by atoms with E-state index in [1.54, 1.807) is 6.07 Å². The molecule has 5 rings (SSSR count). The molecular weight excluding hydrogens is 419 g/mol. The van der Waals surface area contributed by atoms with Crippen LogP contribution < -0.4 is 16.0 Å². The van der Waals surface area contributed by atoms with Crippen LogP contribution in [0.15, 0.2) is 47.1 Å². The Bertz CT molecular complexity index is 1270. The van der Waals surface area contributed by atoms with Gasteiger partial charge in [0.1, 0.15) is 11.6 Å². The van der Waals surface area contributed by atoms with Gasteiger partial charge in [-0.25, -0.2) is 4.39 Å². The molecule has 2 aliphatic rings. The van der Waals surface area contributed by atoms with Crippen molar-refractivity contribution in [3.05, 3.63) is 86.5 Å². The van der Waals surface area contributed by atoms with E-state index in [9.17, 15) is 4.39 Å². The molecule has 166 valence electrons. The van der Waals surface area contributed by atoms with Crippen LogP contribution in [0, 0.1) is 33.5 Å². The molecule has 1 unspecified atom stereocenters. The van der Waals surface area contributed by atoms with Crippen molar-refractivity contribution in [2.45, 2.75) is 40.2 Å². The zero-order valence-corrected chi connectivity index (χ0v) is 19.8. The number of H-pyrrole nitrogens is 1. The summed E-state index contributed by atoms with van der Waals surface area (Å²) < 4.78 is 14.3. The first kappa shape index (κ1) is 21.2. The molecule has 0 fully saturated rings. The Balaban J connectivity index is 1.33. The van der Waals surface area contributed by atoms with Crippen LogP contribution in [0.5, 0.6) is 0 Å². The highest BCUT2D eigenvalue weighted by Gasteiger charge is 2.29. The molecule has 1 aromatic heterocycles. The number of hydrogen-bond donors (Lipinski definition) is 4. The van der Waals surface area contributed by atoms with E-state index >= 15 is 0 Å². The van der Waals surface area contributed by atoms with Crippen LogP contribution in [0.1, 0.15) is 33.5 Å². The molecule has 32 heavy (non-hydrogen) atoms. The van der Waals surface area contributed by atoms with Crippen LogP contribution in [0.25, 0.3) is 15.8 Å². The number of thioether (sulfide) groups is 1. The molecular formula is C26H29FN4S. The number of aromatic nitrogens is 1. The van der Waals surface area contributed by atoms with Gasteiger partial charge >= 0.3 is 0 Å². The number of aromatic amines is 1. The average Bonchev–Trinajstić information content (AvgIpc) is 3.35. The molecule has 2 aromatic carbocycles. The first-order chi connectivity index (χ1) is 15.4. The third-order valence-electron chi connectivity index (χ3n) is 6.55. The fourth-order valence-electron chi connectivity index (χ4n) is 4.61. The third-order valence-corrected chi connectivity index (χ3v) is 7.82. The lowest BCUT2D eigenvalue weighted by Crippen LogP contribution is -2.45. The molecule has 0 bridgehead atoms. The number of nitrogens with one attached hydrogen (secondary N) is 4. The van der Waals surface area contributed by atoms with Gasteiger partial charge in [-0.15, -0.1) is 0 Å². The van der Waals surface area contributed by atoms with Crippen molar-refractivity contribution in [3.63, 3.8) is 0 Å². The number of fused-ring (bicyclic) bond motifs is 2. The summed E-state index contributed by atoms with van der Waals surface area (Å²) >= 11 is 1.83. The third kappa shape index (κ3) is 3.71. The SMILES string of the molecule is Cc1ccc(C2=CC3NCNC(NCCc4c(C)[nH]c5c(F)ccc(C)c45)=C3S2)cc1C. The fraction of sp³-hybridized carbons (Fsp3) is 0.308. The summed E-state index contributed by atoms with van der Waals surface area (Å²) in [5, 5.41) is 11.6. The maximum absolute atomic E-state index is 14.3. The number of aryl methyl sites for hydroxylation is 4. The monoisotopic (exact) mass is 448 g/mol. The molecule has 0 amide bonds. The van der Waals surface area contributed by atoms with Crippen LogP contribution >= 0.6 is 11.8 Å². The van der Waals surface area contributed by atoms with Crippen LogP contribution in [-0.4, -0.2) is 24.2 Å². The summed E-state index contributed by atoms with van der Waals surface area (Å²) in [6.07, 6.45) is 3.15. The minimum Gasteiger partial charge on any atom is -0.371 e. The van der Waals surface area contributed by atoms with Crippen LogP contribution in [0.3, 0.4) is 0 Å². The largest absolute Gasteiger partial charge is 0.371 e. The summed E-state index contributed by atoms with van der Waals surface area (Å²) in [5.41, 5.74) is 7.86. The summed E-state index contributed by atoms with van der Waals surface area (Å²) in [5.74, 6) is 0.905. The van der Waals surface area contributed by atoms with E-state index in [-0.39, 0.29) is 11.9 Å². The first-order valence-corrected chi connectivity index (χ1v) is 11.9. The van der Waals surface area contributed by atoms with E-state index in [1.807, 2.05) is 31.7 Å². The molecule has 1 atom stereocenters. The van der Waals surface area contributed by atoms with E-state index < -0.39 is 0 Å². The van der Waals surface area contributed by atoms with Gasteiger partial charge in [0.25, 0.3) is 0 Å². The van der Waals surface area contributed by atoms with Gasteiger partial charge in [-0.05, 0) is 74.1 Å². The Labute approximate surface area is 192 Å². The number of rotatable bonds is 5. The lowest BCUT2D eigenvalue weighted by atomic mass is 10.0. The Hall–Kier alpha value is -2.70. The van der Waals surface area contributed by atoms with Crippen molar-refractivity contribution in [3.8, 4) is 0 Å². The fourth-order valence-corrected chi connectivity index (χ4v) is 5.82. The zero-order valence-electron chi connectivity index (χ0n) is 18.9. The van der Waals surface area contributed by atoms with Crippen molar-refractivity contribution in [2.75, 3.05) is 13.2 Å². The molecule has 2 aliphatic heterocycles. The quantitative estimate of drug-likeness (QED) is 0.436. The van der Waals surface area contributed by atoms with Gasteiger partial charge in [-0.1, -0.05) is 36.0 Å². The van der Waals surface area contributed by atoms with E-state index in [1.165, 1.54) is 32.1 Å². The van der Waals surface area contributed by atoms with E-state index in [0.717, 1.165) is 42.1 Å². The normalized spacial score (nSPS) is 18.0. The second-order valence-electron chi connectivity index (χ2n) is 8.73. The molecule has 4 N–H and O–H groups in total. The summed E-state index contributed by atoms with van der Waals surface area (Å²) in [4.78, 5) is 5.81. The van der Waals surface area contributed by atoms with Gasteiger partial charge in [0.2, 0.25) is 0 Å². The number of hydrogen-bond acceptors (Lipinski definition) is 4. The van der Waals surface area contributed by atoms with Crippen LogP contribution in [0.2, 0.25) is 0 Å². The van der Waals surface area contributed by atoms with Gasteiger partial charge in [0.05, 0.1) is 23.1 Å². The summed E-state index contributed by atoms with van der Waals surface area (Å²) in [6.45, 7) is 9.90. The van der Waals surface area contributed by atoms with Crippen molar-refractivity contribution in [2.24, 2.45) is 0 Å². The minimum atomic E-state index is -0.187. The molecule has 6 heteroatoms. The zero-order chi connectivity index (χ0) is 22.4. The molecule has 0 aliphatic carbocycles. The molecule has 0 radical (unpaired) electrons. The highest BCUT2D eigenvalue weighted by Crippen LogP contribution is 2.44. The first-order valence-electron chi connectivity index (χ1n) is 11.1. The molecule has 0 spiro atoms. The molecule has 4 nitrogen and oxygen atoms in total. The lowest BCUT2D eigenvalue weighted by Gasteiger charge is -2.26. The van der Waals surface area contributed by atoms with Gasteiger partial charge in [-0.3, -0.25) is 5.32 Å². The molecule has 0 saturated heterocycles. The minimum absolute atomic E-state index is 0.187. The summed E-state index contributed by atoms with van der Waals surface area (Å²) in [7, 11) is 0. The smallest absolute Gasteiger partial charge is 0.147 e. The molecule has 3 aromatic rings. The Morgan fingerprint density at radius 1 is 1.06 bits per heavy atom. The Morgan fingerprint density at radius 3 is 2.69 bits per heavy atom. The van der Waals surface area contributed by atoms with Gasteiger partial charge in [-0.2, -0.15) is 0 Å².